The molecule has 0 aromatic carbocycles. The van der Waals surface area contributed by atoms with E-state index in [-0.39, 0.29) is 11.2 Å². The summed E-state index contributed by atoms with van der Waals surface area (Å²) < 4.78 is 11.9. The molecule has 0 aliphatic carbocycles. The van der Waals surface area contributed by atoms with Crippen LogP contribution in [-0.2, 0) is 9.31 Å². The maximum atomic E-state index is 6.22. The van der Waals surface area contributed by atoms with Crippen LogP contribution in [0.1, 0.15) is 53.0 Å². The Morgan fingerprint density at radius 3 is 2.05 bits per heavy atom. The molecule has 0 unspecified atom stereocenters. The summed E-state index contributed by atoms with van der Waals surface area (Å²) in [6, 6.07) is 3.93. The lowest BCUT2D eigenvalue weighted by Crippen LogP contribution is -2.41. The van der Waals surface area contributed by atoms with Gasteiger partial charge in [-0.05, 0) is 45.2 Å². The highest BCUT2D eigenvalue weighted by Crippen LogP contribution is 2.36. The van der Waals surface area contributed by atoms with E-state index in [9.17, 15) is 0 Å². The molecule has 0 N–H and O–H groups in total. The van der Waals surface area contributed by atoms with Crippen molar-refractivity contribution in [1.29, 1.82) is 0 Å². The van der Waals surface area contributed by atoms with Crippen molar-refractivity contribution >= 4 is 24.3 Å². The van der Waals surface area contributed by atoms with Gasteiger partial charge >= 0.3 is 7.12 Å². The molecular weight excluding hydrogens is 260 g/mol. The molecule has 1 aromatic heterocycles. The topological polar surface area (TPSA) is 31.4 Å². The van der Waals surface area contributed by atoms with E-state index in [1.807, 2.05) is 39.8 Å². The summed E-state index contributed by atoms with van der Waals surface area (Å²) in [5.41, 5.74) is 1.06. The molecule has 2 heterocycles. The smallest absolute Gasteiger partial charge is 0.398 e. The van der Waals surface area contributed by atoms with Crippen molar-refractivity contribution < 1.29 is 9.31 Å². The van der Waals surface area contributed by atoms with Gasteiger partial charge in [0.05, 0.1) is 16.8 Å². The molecule has 1 fully saturated rings. The Labute approximate surface area is 120 Å². The summed E-state index contributed by atoms with van der Waals surface area (Å²) in [4.78, 5) is 4.42. The quantitative estimate of drug-likeness (QED) is 0.616. The minimum absolute atomic E-state index is 0.354. The van der Waals surface area contributed by atoms with Crippen LogP contribution in [0.25, 0.3) is 0 Å². The fraction of sp³-hybridized carbons (Fsp3) is 0.643. The zero-order valence-corrected chi connectivity index (χ0v) is 13.2. The van der Waals surface area contributed by atoms with E-state index in [0.717, 1.165) is 11.2 Å². The van der Waals surface area contributed by atoms with Gasteiger partial charge in [-0.3, -0.25) is 0 Å². The van der Waals surface area contributed by atoms with Crippen molar-refractivity contribution in [3.63, 3.8) is 0 Å². The standard InChI is InChI=1S/C14H21BClNO2/c1-9(2)10-7-8-11(17-12(10)16)15-18-13(3,4)14(5,6)19-15/h7-9H,1-6H3. The Kier molecular flexibility index (Phi) is 3.71. The number of halogens is 1. The van der Waals surface area contributed by atoms with Gasteiger partial charge in [-0.2, -0.15) is 0 Å². The third kappa shape index (κ3) is 2.67. The Bertz CT molecular complexity index is 472. The van der Waals surface area contributed by atoms with Crippen LogP contribution in [0.15, 0.2) is 12.1 Å². The molecule has 2 rings (SSSR count). The molecule has 0 radical (unpaired) electrons. The van der Waals surface area contributed by atoms with Gasteiger partial charge in [-0.15, -0.1) is 0 Å². The van der Waals surface area contributed by atoms with Crippen molar-refractivity contribution in [1.82, 2.24) is 4.98 Å². The number of aromatic nitrogens is 1. The highest BCUT2D eigenvalue weighted by atomic mass is 35.5. The lowest BCUT2D eigenvalue weighted by molar-refractivity contribution is 0.00578. The first kappa shape index (κ1) is 14.8. The molecule has 0 bridgehead atoms. The summed E-state index contributed by atoms with van der Waals surface area (Å²) in [6.07, 6.45) is 0. The van der Waals surface area contributed by atoms with Crippen LogP contribution in [-0.4, -0.2) is 23.3 Å². The van der Waals surface area contributed by atoms with Crippen LogP contribution >= 0.6 is 11.6 Å². The van der Waals surface area contributed by atoms with Gasteiger partial charge < -0.3 is 9.31 Å². The Balaban J connectivity index is 2.28. The second kappa shape index (κ2) is 4.76. The zero-order chi connectivity index (χ0) is 14.4. The van der Waals surface area contributed by atoms with Crippen molar-refractivity contribution in [2.45, 2.75) is 58.7 Å². The third-order valence-electron chi connectivity index (χ3n) is 4.02. The van der Waals surface area contributed by atoms with E-state index in [2.05, 4.69) is 18.8 Å². The molecule has 0 spiro atoms. The first-order chi connectivity index (χ1) is 8.64. The average molecular weight is 282 g/mol. The Morgan fingerprint density at radius 1 is 1.11 bits per heavy atom. The van der Waals surface area contributed by atoms with E-state index in [1.54, 1.807) is 0 Å². The predicted octanol–water partition coefficient (Wildman–Crippen LogP) is 3.16. The zero-order valence-electron chi connectivity index (χ0n) is 12.5. The summed E-state index contributed by atoms with van der Waals surface area (Å²) in [6.45, 7) is 12.3. The maximum absolute atomic E-state index is 6.22. The minimum Gasteiger partial charge on any atom is -0.398 e. The fourth-order valence-electron chi connectivity index (χ4n) is 1.98. The largest absolute Gasteiger partial charge is 0.514 e. The summed E-state index contributed by atoms with van der Waals surface area (Å²) in [7, 11) is -0.455. The lowest BCUT2D eigenvalue weighted by atomic mass is 9.83. The van der Waals surface area contributed by atoms with E-state index in [1.165, 1.54) is 0 Å². The molecule has 1 aromatic rings. The van der Waals surface area contributed by atoms with Crippen LogP contribution < -0.4 is 5.59 Å². The van der Waals surface area contributed by atoms with Crippen molar-refractivity contribution in [2.75, 3.05) is 0 Å². The van der Waals surface area contributed by atoms with Crippen LogP contribution in [0.4, 0.5) is 0 Å². The molecule has 104 valence electrons. The summed E-state index contributed by atoms with van der Waals surface area (Å²) in [5.74, 6) is 0.354. The molecule has 1 saturated heterocycles. The van der Waals surface area contributed by atoms with Gasteiger partial charge in [0.2, 0.25) is 0 Å². The normalized spacial score (nSPS) is 21.2. The lowest BCUT2D eigenvalue weighted by Gasteiger charge is -2.32. The van der Waals surface area contributed by atoms with Gasteiger partial charge in [0.1, 0.15) is 5.15 Å². The van der Waals surface area contributed by atoms with Gasteiger partial charge in [-0.1, -0.05) is 31.5 Å². The van der Waals surface area contributed by atoms with Crippen LogP contribution in [0.5, 0.6) is 0 Å². The number of hydrogen-bond acceptors (Lipinski definition) is 3. The van der Waals surface area contributed by atoms with Gasteiger partial charge in [0.15, 0.2) is 0 Å². The highest BCUT2D eigenvalue weighted by molar-refractivity contribution is 6.61. The predicted molar refractivity (Wildman–Crippen MR) is 79.1 cm³/mol. The molecular formula is C14H21BClNO2. The second-order valence-electron chi connectivity index (χ2n) is 6.36. The van der Waals surface area contributed by atoms with Crippen molar-refractivity contribution in [3.05, 3.63) is 22.8 Å². The second-order valence-corrected chi connectivity index (χ2v) is 6.72. The first-order valence-corrected chi connectivity index (χ1v) is 7.04. The van der Waals surface area contributed by atoms with E-state index < -0.39 is 7.12 Å². The van der Waals surface area contributed by atoms with Crippen molar-refractivity contribution in [2.24, 2.45) is 0 Å². The Hall–Kier alpha value is -0.575. The molecule has 1 aliphatic rings. The highest BCUT2D eigenvalue weighted by Gasteiger charge is 2.52. The molecule has 0 amide bonds. The minimum atomic E-state index is -0.455. The van der Waals surface area contributed by atoms with Crippen LogP contribution in [0.2, 0.25) is 5.15 Å². The monoisotopic (exact) mass is 281 g/mol. The van der Waals surface area contributed by atoms with Gasteiger partial charge in [0.25, 0.3) is 0 Å². The Morgan fingerprint density at radius 2 is 1.63 bits per heavy atom. The maximum Gasteiger partial charge on any atom is 0.514 e. The molecule has 19 heavy (non-hydrogen) atoms. The average Bonchev–Trinajstić information content (AvgIpc) is 2.47. The number of nitrogens with zero attached hydrogens (tertiary/aromatic N) is 1. The number of pyridine rings is 1. The first-order valence-electron chi connectivity index (χ1n) is 6.66. The summed E-state index contributed by atoms with van der Waals surface area (Å²) >= 11 is 6.22. The molecule has 5 heteroatoms. The molecule has 0 atom stereocenters. The van der Waals surface area contributed by atoms with E-state index in [0.29, 0.717) is 11.1 Å². The molecule has 3 nitrogen and oxygen atoms in total. The van der Waals surface area contributed by atoms with Crippen molar-refractivity contribution in [3.8, 4) is 0 Å². The number of rotatable bonds is 2. The SMILES string of the molecule is CC(C)c1ccc(B2OC(C)(C)C(C)(C)O2)nc1Cl. The van der Waals surface area contributed by atoms with Gasteiger partial charge in [0, 0.05) is 0 Å². The summed E-state index contributed by atoms with van der Waals surface area (Å²) in [5, 5.41) is 0.530. The molecule has 1 aliphatic heterocycles. The van der Waals surface area contributed by atoms with E-state index >= 15 is 0 Å². The van der Waals surface area contributed by atoms with Gasteiger partial charge in [-0.25, -0.2) is 4.98 Å². The fourth-order valence-corrected chi connectivity index (χ4v) is 2.36. The molecule has 0 saturated carbocycles. The van der Waals surface area contributed by atoms with Crippen LogP contribution in [0, 0.1) is 0 Å². The number of hydrogen-bond donors (Lipinski definition) is 0. The third-order valence-corrected chi connectivity index (χ3v) is 4.32. The van der Waals surface area contributed by atoms with E-state index in [4.69, 9.17) is 20.9 Å². The van der Waals surface area contributed by atoms with Crippen LogP contribution in [0.3, 0.4) is 0 Å².